The molecule has 0 unspecified atom stereocenters. The fourth-order valence-electron chi connectivity index (χ4n) is 4.02. The highest BCUT2D eigenvalue weighted by atomic mass is 127. The minimum atomic E-state index is 0. The van der Waals surface area contributed by atoms with E-state index in [0.29, 0.717) is 6.54 Å². The number of benzene rings is 1. The van der Waals surface area contributed by atoms with Crippen LogP contribution in [0.5, 0.6) is 0 Å². The third-order valence-corrected chi connectivity index (χ3v) is 6.03. The Kier molecular flexibility index (Phi) is 8.68. The average molecular weight is 548 g/mol. The first-order valence-corrected chi connectivity index (χ1v) is 10.9. The molecule has 32 heavy (non-hydrogen) atoms. The van der Waals surface area contributed by atoms with Gasteiger partial charge in [0, 0.05) is 58.2 Å². The largest absolute Gasteiger partial charge is 0.369 e. The first-order chi connectivity index (χ1) is 15.2. The van der Waals surface area contributed by atoms with Crippen molar-refractivity contribution in [2.24, 2.45) is 4.99 Å². The second-order valence-electron chi connectivity index (χ2n) is 7.95. The van der Waals surface area contributed by atoms with Crippen molar-refractivity contribution in [3.8, 4) is 0 Å². The molecule has 1 aliphatic heterocycles. The Hall–Kier alpha value is -2.40. The summed E-state index contributed by atoms with van der Waals surface area (Å²) >= 11 is 0. The maximum absolute atomic E-state index is 4.33. The highest BCUT2D eigenvalue weighted by Crippen LogP contribution is 2.23. The zero-order valence-corrected chi connectivity index (χ0v) is 21.4. The van der Waals surface area contributed by atoms with Gasteiger partial charge in [-0.15, -0.1) is 34.2 Å². The number of aryl methyl sites for hydroxylation is 1. The smallest absolute Gasteiger partial charge is 0.191 e. The molecule has 1 fully saturated rings. The van der Waals surface area contributed by atoms with Crippen molar-refractivity contribution in [2.75, 3.05) is 51.2 Å². The van der Waals surface area contributed by atoms with Gasteiger partial charge in [0.05, 0.1) is 6.54 Å². The number of hydrogen-bond donors (Lipinski definition) is 2. The van der Waals surface area contributed by atoms with Crippen molar-refractivity contribution in [3.05, 3.63) is 59.5 Å². The van der Waals surface area contributed by atoms with Crippen LogP contribution in [0.3, 0.4) is 0 Å². The number of piperazine rings is 1. The Morgan fingerprint density at radius 3 is 2.59 bits per heavy atom. The lowest BCUT2D eigenvalue weighted by Gasteiger charge is -2.37. The van der Waals surface area contributed by atoms with Gasteiger partial charge in [0.15, 0.2) is 17.4 Å². The van der Waals surface area contributed by atoms with Crippen LogP contribution in [0.25, 0.3) is 5.65 Å². The zero-order valence-electron chi connectivity index (χ0n) is 19.1. The lowest BCUT2D eigenvalue weighted by molar-refractivity contribution is 0.261. The normalized spacial score (nSPS) is 15.0. The van der Waals surface area contributed by atoms with Gasteiger partial charge >= 0.3 is 0 Å². The summed E-state index contributed by atoms with van der Waals surface area (Å²) in [7, 11) is 1.79. The van der Waals surface area contributed by atoms with E-state index in [-0.39, 0.29) is 24.0 Å². The number of halogens is 1. The molecule has 1 aromatic carbocycles. The van der Waals surface area contributed by atoms with E-state index in [9.17, 15) is 0 Å². The Labute approximate surface area is 207 Å². The molecule has 1 aliphatic rings. The van der Waals surface area contributed by atoms with Gasteiger partial charge in [-0.25, -0.2) is 0 Å². The summed E-state index contributed by atoms with van der Waals surface area (Å²) in [5.74, 6) is 1.64. The molecule has 0 saturated carbocycles. The van der Waals surface area contributed by atoms with Crippen LogP contribution in [-0.2, 0) is 6.54 Å². The van der Waals surface area contributed by atoms with E-state index in [1.165, 1.54) is 16.8 Å². The number of pyridine rings is 1. The Balaban J connectivity index is 0.00000289. The number of nitrogens with one attached hydrogen (secondary N) is 2. The standard InChI is InChI=1S/C23H32N8.HI/c1-18-7-6-8-20(19(18)2)30-15-13-29(14-16-30)12-10-25-23(24-3)26-17-22-28-27-21-9-4-5-11-31(21)22;/h4-9,11H,10,12-17H2,1-3H3,(H2,24,25,26);1H. The first kappa shape index (κ1) is 24.2. The Morgan fingerprint density at radius 2 is 1.81 bits per heavy atom. The van der Waals surface area contributed by atoms with Crippen LogP contribution >= 0.6 is 24.0 Å². The fraction of sp³-hybridized carbons (Fsp3) is 0.435. The minimum absolute atomic E-state index is 0. The molecule has 2 aromatic heterocycles. The van der Waals surface area contributed by atoms with E-state index < -0.39 is 0 Å². The highest BCUT2D eigenvalue weighted by molar-refractivity contribution is 14.0. The number of nitrogens with zero attached hydrogens (tertiary/aromatic N) is 6. The number of guanidine groups is 1. The molecule has 0 aliphatic carbocycles. The van der Waals surface area contributed by atoms with Crippen molar-refractivity contribution in [1.82, 2.24) is 30.1 Å². The van der Waals surface area contributed by atoms with E-state index in [0.717, 1.165) is 56.7 Å². The van der Waals surface area contributed by atoms with Gasteiger partial charge in [0.25, 0.3) is 0 Å². The highest BCUT2D eigenvalue weighted by Gasteiger charge is 2.18. The summed E-state index contributed by atoms with van der Waals surface area (Å²) in [4.78, 5) is 9.35. The number of aromatic nitrogens is 3. The fourth-order valence-corrected chi connectivity index (χ4v) is 4.02. The predicted molar refractivity (Wildman–Crippen MR) is 141 cm³/mol. The third kappa shape index (κ3) is 5.69. The molecule has 0 bridgehead atoms. The Morgan fingerprint density at radius 1 is 1.00 bits per heavy atom. The Bertz CT molecular complexity index is 1040. The summed E-state index contributed by atoms with van der Waals surface area (Å²) in [5.41, 5.74) is 4.99. The molecule has 4 rings (SSSR count). The van der Waals surface area contributed by atoms with Crippen LogP contribution in [0.15, 0.2) is 47.6 Å². The van der Waals surface area contributed by atoms with Gasteiger partial charge in [-0.3, -0.25) is 14.3 Å². The molecular formula is C23H33IN8. The molecule has 2 N–H and O–H groups in total. The quantitative estimate of drug-likeness (QED) is 0.280. The van der Waals surface area contributed by atoms with E-state index in [2.05, 4.69) is 67.7 Å². The van der Waals surface area contributed by atoms with Gasteiger partial charge < -0.3 is 15.5 Å². The monoisotopic (exact) mass is 548 g/mol. The topological polar surface area (TPSA) is 73.1 Å². The summed E-state index contributed by atoms with van der Waals surface area (Å²) in [5, 5.41) is 15.2. The van der Waals surface area contributed by atoms with E-state index >= 15 is 0 Å². The molecular weight excluding hydrogens is 515 g/mol. The van der Waals surface area contributed by atoms with Crippen molar-refractivity contribution >= 4 is 41.3 Å². The maximum Gasteiger partial charge on any atom is 0.191 e. The summed E-state index contributed by atoms with van der Waals surface area (Å²) in [6, 6.07) is 12.5. The van der Waals surface area contributed by atoms with Crippen LogP contribution in [-0.4, -0.2) is 71.8 Å². The second-order valence-corrected chi connectivity index (χ2v) is 7.95. The van der Waals surface area contributed by atoms with Gasteiger partial charge in [0.1, 0.15) is 0 Å². The van der Waals surface area contributed by atoms with Gasteiger partial charge in [-0.1, -0.05) is 18.2 Å². The molecule has 3 heterocycles. The number of aliphatic imine (C=N–C) groups is 1. The van der Waals surface area contributed by atoms with E-state index in [4.69, 9.17) is 0 Å². The number of hydrogen-bond acceptors (Lipinski definition) is 5. The van der Waals surface area contributed by atoms with E-state index in [1.807, 2.05) is 28.8 Å². The second kappa shape index (κ2) is 11.5. The van der Waals surface area contributed by atoms with Gasteiger partial charge in [-0.05, 0) is 43.2 Å². The van der Waals surface area contributed by atoms with Crippen LogP contribution < -0.4 is 15.5 Å². The number of rotatable bonds is 6. The molecule has 0 radical (unpaired) electrons. The number of anilines is 1. The minimum Gasteiger partial charge on any atom is -0.369 e. The van der Waals surface area contributed by atoms with Crippen LogP contribution in [0.1, 0.15) is 17.0 Å². The van der Waals surface area contributed by atoms with Crippen molar-refractivity contribution in [1.29, 1.82) is 0 Å². The lowest BCUT2D eigenvalue weighted by atomic mass is 10.1. The zero-order chi connectivity index (χ0) is 21.6. The average Bonchev–Trinajstić information content (AvgIpc) is 3.22. The van der Waals surface area contributed by atoms with Crippen LogP contribution in [0.4, 0.5) is 5.69 Å². The van der Waals surface area contributed by atoms with E-state index in [1.54, 1.807) is 7.05 Å². The predicted octanol–water partition coefficient (Wildman–Crippen LogP) is 2.45. The molecule has 0 atom stereocenters. The van der Waals surface area contributed by atoms with Crippen molar-refractivity contribution in [3.63, 3.8) is 0 Å². The molecule has 8 nitrogen and oxygen atoms in total. The molecule has 3 aromatic rings. The third-order valence-electron chi connectivity index (χ3n) is 6.03. The molecule has 0 amide bonds. The summed E-state index contributed by atoms with van der Waals surface area (Å²) < 4.78 is 1.98. The van der Waals surface area contributed by atoms with Gasteiger partial charge in [-0.2, -0.15) is 0 Å². The molecule has 172 valence electrons. The lowest BCUT2D eigenvalue weighted by Crippen LogP contribution is -2.49. The van der Waals surface area contributed by atoms with Crippen molar-refractivity contribution in [2.45, 2.75) is 20.4 Å². The van der Waals surface area contributed by atoms with Crippen molar-refractivity contribution < 1.29 is 0 Å². The summed E-state index contributed by atoms with van der Waals surface area (Å²) in [6.07, 6.45) is 1.97. The first-order valence-electron chi connectivity index (χ1n) is 10.9. The van der Waals surface area contributed by atoms with Gasteiger partial charge in [0.2, 0.25) is 0 Å². The molecule has 0 spiro atoms. The SMILES string of the molecule is CN=C(NCCN1CCN(c2cccc(C)c2C)CC1)NCc1nnc2ccccn12.I. The molecule has 9 heteroatoms. The molecule has 1 saturated heterocycles. The maximum atomic E-state index is 4.33. The number of fused-ring (bicyclic) bond motifs is 1. The summed E-state index contributed by atoms with van der Waals surface area (Å²) in [6.45, 7) is 11.1. The van der Waals surface area contributed by atoms with Crippen LogP contribution in [0.2, 0.25) is 0 Å². The van der Waals surface area contributed by atoms with Crippen LogP contribution in [0, 0.1) is 13.8 Å².